The fourth-order valence-corrected chi connectivity index (χ4v) is 4.26. The number of anilines is 1. The second-order valence-corrected chi connectivity index (χ2v) is 9.32. The summed E-state index contributed by atoms with van der Waals surface area (Å²) < 4.78 is 11.5. The summed E-state index contributed by atoms with van der Waals surface area (Å²) in [7, 11) is 5.75. The molecule has 0 radical (unpaired) electrons. The molecule has 0 aromatic heterocycles. The summed E-state index contributed by atoms with van der Waals surface area (Å²) in [6.45, 7) is 6.91. The molecule has 0 aliphatic carbocycles. The fourth-order valence-electron chi connectivity index (χ4n) is 4.26. The van der Waals surface area contributed by atoms with E-state index in [1.807, 2.05) is 63.2 Å². The van der Waals surface area contributed by atoms with Crippen LogP contribution in [0.4, 0.5) is 5.69 Å². The molecular formula is C30H38N2O3. The van der Waals surface area contributed by atoms with Crippen LogP contribution in [-0.2, 0) is 11.3 Å². The first-order valence-corrected chi connectivity index (χ1v) is 12.2. The van der Waals surface area contributed by atoms with Gasteiger partial charge in [-0.25, -0.2) is 0 Å². The third-order valence-electron chi connectivity index (χ3n) is 6.13. The average molecular weight is 475 g/mol. The molecule has 0 fully saturated rings. The molecule has 0 aliphatic heterocycles. The van der Waals surface area contributed by atoms with Crippen LogP contribution in [0, 0.1) is 0 Å². The van der Waals surface area contributed by atoms with Crippen molar-refractivity contribution in [3.63, 3.8) is 0 Å². The van der Waals surface area contributed by atoms with E-state index in [0.717, 1.165) is 34.7 Å². The summed E-state index contributed by atoms with van der Waals surface area (Å²) in [5.41, 5.74) is 4.55. The van der Waals surface area contributed by atoms with Crippen molar-refractivity contribution in [3.05, 3.63) is 89.5 Å². The zero-order chi connectivity index (χ0) is 25.4. The molecule has 0 N–H and O–H groups in total. The van der Waals surface area contributed by atoms with E-state index in [1.54, 1.807) is 14.0 Å². The van der Waals surface area contributed by atoms with E-state index in [9.17, 15) is 4.79 Å². The van der Waals surface area contributed by atoms with Crippen molar-refractivity contribution in [2.24, 2.45) is 0 Å². The van der Waals surface area contributed by atoms with Gasteiger partial charge in [-0.1, -0.05) is 42.5 Å². The molecule has 0 spiro atoms. The van der Waals surface area contributed by atoms with Crippen LogP contribution in [0.3, 0.4) is 0 Å². The van der Waals surface area contributed by atoms with Gasteiger partial charge in [-0.05, 0) is 61.7 Å². The third-order valence-corrected chi connectivity index (χ3v) is 6.13. The van der Waals surface area contributed by atoms with Crippen molar-refractivity contribution in [2.75, 3.05) is 32.6 Å². The van der Waals surface area contributed by atoms with Crippen molar-refractivity contribution in [1.82, 2.24) is 4.90 Å². The summed E-state index contributed by atoms with van der Waals surface area (Å²) >= 11 is 0. The highest BCUT2D eigenvalue weighted by Gasteiger charge is 2.21. The van der Waals surface area contributed by atoms with E-state index in [2.05, 4.69) is 47.4 Å². The normalized spacial score (nSPS) is 11.7. The summed E-state index contributed by atoms with van der Waals surface area (Å²) in [5, 5.41) is 0. The van der Waals surface area contributed by atoms with Crippen molar-refractivity contribution in [3.8, 4) is 11.5 Å². The van der Waals surface area contributed by atoms with Gasteiger partial charge in [0.15, 0.2) is 0 Å². The summed E-state index contributed by atoms with van der Waals surface area (Å²) in [5.74, 6) is 1.86. The second kappa shape index (κ2) is 12.3. The largest absolute Gasteiger partial charge is 0.496 e. The Kier molecular flexibility index (Phi) is 9.18. The minimum atomic E-state index is 0.0705. The molecule has 3 rings (SSSR count). The predicted octanol–water partition coefficient (Wildman–Crippen LogP) is 6.12. The molecule has 0 unspecified atom stereocenters. The standard InChI is InChI=1S/C30H38N2O3/c1-22(2)35-27-17-13-25(14-18-27)28(29-9-7-8-10-30(29)34-6)19-20-32(23(3)33)21-24-11-15-26(16-12-24)31(4)5/h7-18,22,28H,19-21H2,1-6H3/t28-/m1/s1. The van der Waals surface area contributed by atoms with E-state index in [-0.39, 0.29) is 17.9 Å². The lowest BCUT2D eigenvalue weighted by Gasteiger charge is -2.26. The molecule has 0 saturated carbocycles. The van der Waals surface area contributed by atoms with Gasteiger partial charge >= 0.3 is 0 Å². The molecule has 1 atom stereocenters. The molecule has 3 aromatic rings. The van der Waals surface area contributed by atoms with Crippen LogP contribution < -0.4 is 14.4 Å². The number of amides is 1. The number of para-hydroxylation sites is 1. The molecule has 0 bridgehead atoms. The smallest absolute Gasteiger partial charge is 0.219 e. The first-order valence-electron chi connectivity index (χ1n) is 12.2. The minimum absolute atomic E-state index is 0.0705. The Morgan fingerprint density at radius 2 is 1.57 bits per heavy atom. The highest BCUT2D eigenvalue weighted by Crippen LogP contribution is 2.35. The monoisotopic (exact) mass is 474 g/mol. The average Bonchev–Trinajstić information content (AvgIpc) is 2.84. The molecule has 3 aromatic carbocycles. The van der Waals surface area contributed by atoms with Gasteiger partial charge in [-0.15, -0.1) is 0 Å². The van der Waals surface area contributed by atoms with Gasteiger partial charge in [-0.2, -0.15) is 0 Å². The van der Waals surface area contributed by atoms with E-state index < -0.39 is 0 Å². The molecule has 1 amide bonds. The topological polar surface area (TPSA) is 42.0 Å². The van der Waals surface area contributed by atoms with Crippen LogP contribution in [0.15, 0.2) is 72.8 Å². The Hall–Kier alpha value is -3.47. The zero-order valence-electron chi connectivity index (χ0n) is 21.8. The summed E-state index contributed by atoms with van der Waals surface area (Å²) in [4.78, 5) is 16.5. The van der Waals surface area contributed by atoms with Crippen molar-refractivity contribution in [2.45, 2.75) is 45.8 Å². The Labute approximate surface area is 210 Å². The highest BCUT2D eigenvalue weighted by molar-refractivity contribution is 5.73. The molecule has 0 heterocycles. The third kappa shape index (κ3) is 7.25. The van der Waals surface area contributed by atoms with Crippen molar-refractivity contribution >= 4 is 11.6 Å². The van der Waals surface area contributed by atoms with Crippen LogP contribution in [0.5, 0.6) is 11.5 Å². The lowest BCUT2D eigenvalue weighted by atomic mass is 9.87. The van der Waals surface area contributed by atoms with Gasteiger partial charge < -0.3 is 19.3 Å². The number of carbonyl (C=O) groups is 1. The predicted molar refractivity (Wildman–Crippen MR) is 144 cm³/mol. The molecule has 35 heavy (non-hydrogen) atoms. The van der Waals surface area contributed by atoms with Gasteiger partial charge in [-0.3, -0.25) is 4.79 Å². The number of hydrogen-bond acceptors (Lipinski definition) is 4. The second-order valence-electron chi connectivity index (χ2n) is 9.32. The number of nitrogens with zero attached hydrogens (tertiary/aromatic N) is 2. The maximum Gasteiger partial charge on any atom is 0.219 e. The number of rotatable bonds is 11. The Morgan fingerprint density at radius 3 is 2.14 bits per heavy atom. The Balaban J connectivity index is 1.83. The Bertz CT molecular complexity index is 1080. The summed E-state index contributed by atoms with van der Waals surface area (Å²) in [6.07, 6.45) is 0.905. The maximum absolute atomic E-state index is 12.6. The van der Waals surface area contributed by atoms with E-state index >= 15 is 0 Å². The van der Waals surface area contributed by atoms with E-state index in [0.29, 0.717) is 13.1 Å². The van der Waals surface area contributed by atoms with Crippen LogP contribution in [-0.4, -0.2) is 44.7 Å². The molecule has 0 saturated heterocycles. The van der Waals surface area contributed by atoms with Gasteiger partial charge in [0.25, 0.3) is 0 Å². The van der Waals surface area contributed by atoms with Crippen LogP contribution >= 0.6 is 0 Å². The van der Waals surface area contributed by atoms with Gasteiger partial charge in [0.05, 0.1) is 13.2 Å². The SMILES string of the molecule is COc1ccccc1[C@H](CCN(Cc1ccc(N(C)C)cc1)C(C)=O)c1ccc(OC(C)C)cc1. The zero-order valence-corrected chi connectivity index (χ0v) is 21.8. The molecule has 5 nitrogen and oxygen atoms in total. The number of methoxy groups -OCH3 is 1. The van der Waals surface area contributed by atoms with Crippen LogP contribution in [0.25, 0.3) is 0 Å². The highest BCUT2D eigenvalue weighted by atomic mass is 16.5. The van der Waals surface area contributed by atoms with Gasteiger partial charge in [0.1, 0.15) is 11.5 Å². The number of carbonyl (C=O) groups excluding carboxylic acids is 1. The van der Waals surface area contributed by atoms with E-state index in [4.69, 9.17) is 9.47 Å². The molecular weight excluding hydrogens is 436 g/mol. The first-order chi connectivity index (χ1) is 16.8. The van der Waals surface area contributed by atoms with E-state index in [1.165, 1.54) is 5.56 Å². The molecule has 5 heteroatoms. The Morgan fingerprint density at radius 1 is 0.914 bits per heavy atom. The fraction of sp³-hybridized carbons (Fsp3) is 0.367. The van der Waals surface area contributed by atoms with Crippen LogP contribution in [0.1, 0.15) is 49.8 Å². The number of benzene rings is 3. The molecule has 0 aliphatic rings. The maximum atomic E-state index is 12.6. The van der Waals surface area contributed by atoms with Gasteiger partial charge in [0, 0.05) is 51.3 Å². The quantitative estimate of drug-likeness (QED) is 0.336. The van der Waals surface area contributed by atoms with Crippen LogP contribution in [0.2, 0.25) is 0 Å². The van der Waals surface area contributed by atoms with Crippen molar-refractivity contribution < 1.29 is 14.3 Å². The first kappa shape index (κ1) is 26.1. The van der Waals surface area contributed by atoms with Crippen molar-refractivity contribution in [1.29, 1.82) is 0 Å². The lowest BCUT2D eigenvalue weighted by molar-refractivity contribution is -0.129. The summed E-state index contributed by atoms with van der Waals surface area (Å²) in [6, 6.07) is 24.8. The number of ether oxygens (including phenoxy) is 2. The lowest BCUT2D eigenvalue weighted by Crippen LogP contribution is -2.30. The number of hydrogen-bond donors (Lipinski definition) is 0. The molecule has 186 valence electrons. The minimum Gasteiger partial charge on any atom is -0.496 e. The van der Waals surface area contributed by atoms with Gasteiger partial charge in [0.2, 0.25) is 5.91 Å².